The number of hydrogen-bond donors (Lipinski definition) is 1. The van der Waals surface area contributed by atoms with E-state index in [1.54, 1.807) is 0 Å². The van der Waals surface area contributed by atoms with Crippen LogP contribution in [0.4, 0.5) is 5.69 Å². The van der Waals surface area contributed by atoms with E-state index in [0.29, 0.717) is 13.0 Å². The second kappa shape index (κ2) is 7.30. The number of anilines is 1. The maximum atomic E-state index is 11.9. The Morgan fingerprint density at radius 2 is 1.72 bits per heavy atom. The van der Waals surface area contributed by atoms with Crippen LogP contribution in [0.1, 0.15) is 43.9 Å². The highest BCUT2D eigenvalue weighted by Crippen LogP contribution is 2.28. The Kier molecular flexibility index (Phi) is 5.12. The fraction of sp³-hybridized carbons (Fsp3) is 0.409. The number of fused-ring (bicyclic) bond motifs is 1. The van der Waals surface area contributed by atoms with Crippen LogP contribution in [0.25, 0.3) is 0 Å². The normalized spacial score (nSPS) is 13.6. The Hall–Kier alpha value is -2.29. The topological polar surface area (TPSA) is 32.3 Å². The van der Waals surface area contributed by atoms with Gasteiger partial charge in [-0.15, -0.1) is 0 Å². The van der Waals surface area contributed by atoms with Crippen molar-refractivity contribution in [3.8, 4) is 0 Å². The predicted octanol–water partition coefficient (Wildman–Crippen LogP) is 4.30. The third kappa shape index (κ3) is 4.85. The van der Waals surface area contributed by atoms with Crippen LogP contribution in [0.2, 0.25) is 0 Å². The van der Waals surface area contributed by atoms with Crippen LogP contribution in [0.5, 0.6) is 0 Å². The Morgan fingerprint density at radius 1 is 1.04 bits per heavy atom. The zero-order valence-electron chi connectivity index (χ0n) is 15.5. The number of benzene rings is 2. The Bertz CT molecular complexity index is 728. The highest BCUT2D eigenvalue weighted by Gasteiger charge is 2.18. The second-order valence-corrected chi connectivity index (χ2v) is 8.13. The van der Waals surface area contributed by atoms with Gasteiger partial charge >= 0.3 is 0 Å². The first-order chi connectivity index (χ1) is 11.9. The molecule has 0 spiro atoms. The van der Waals surface area contributed by atoms with Crippen molar-refractivity contribution in [2.45, 2.75) is 46.7 Å². The molecule has 3 rings (SSSR count). The molecule has 3 heteroatoms. The van der Waals surface area contributed by atoms with Crippen LogP contribution in [-0.4, -0.2) is 12.5 Å². The molecule has 2 aromatic carbocycles. The monoisotopic (exact) mass is 336 g/mol. The van der Waals surface area contributed by atoms with Gasteiger partial charge in [0.15, 0.2) is 0 Å². The molecule has 1 aliphatic rings. The van der Waals surface area contributed by atoms with Gasteiger partial charge in [-0.2, -0.15) is 0 Å². The van der Waals surface area contributed by atoms with Gasteiger partial charge in [0.1, 0.15) is 0 Å². The molecule has 0 saturated heterocycles. The Labute approximate surface area is 151 Å². The molecule has 132 valence electrons. The molecule has 0 aliphatic carbocycles. The molecule has 0 atom stereocenters. The SMILES string of the molecule is CC(C)(C)CC(=O)NCc1ccc(CN2CCc3ccccc32)cc1. The van der Waals surface area contributed by atoms with Crippen molar-refractivity contribution in [1.29, 1.82) is 0 Å². The van der Waals surface area contributed by atoms with Crippen molar-refractivity contribution in [3.05, 3.63) is 65.2 Å². The molecule has 0 fully saturated rings. The van der Waals surface area contributed by atoms with Gasteiger partial charge in [0, 0.05) is 31.7 Å². The zero-order chi connectivity index (χ0) is 17.9. The summed E-state index contributed by atoms with van der Waals surface area (Å²) in [4.78, 5) is 14.4. The van der Waals surface area contributed by atoms with E-state index in [-0.39, 0.29) is 11.3 Å². The maximum Gasteiger partial charge on any atom is 0.220 e. The van der Waals surface area contributed by atoms with Gasteiger partial charge in [-0.25, -0.2) is 0 Å². The van der Waals surface area contributed by atoms with Crippen molar-refractivity contribution < 1.29 is 4.79 Å². The number of para-hydroxylation sites is 1. The molecule has 0 aromatic heterocycles. The first-order valence-corrected chi connectivity index (χ1v) is 9.08. The van der Waals surface area contributed by atoms with Gasteiger partial charge in [0.2, 0.25) is 5.91 Å². The summed E-state index contributed by atoms with van der Waals surface area (Å²) in [5.74, 6) is 0.116. The summed E-state index contributed by atoms with van der Waals surface area (Å²) in [7, 11) is 0. The number of nitrogens with zero attached hydrogens (tertiary/aromatic N) is 1. The standard InChI is InChI=1S/C22H28N2O/c1-22(2,3)14-21(25)23-15-17-8-10-18(11-9-17)16-24-13-12-19-6-4-5-7-20(19)24/h4-11H,12-16H2,1-3H3,(H,23,25). The molecule has 0 saturated carbocycles. The highest BCUT2D eigenvalue weighted by molar-refractivity contribution is 5.76. The summed E-state index contributed by atoms with van der Waals surface area (Å²) < 4.78 is 0. The first kappa shape index (κ1) is 17.5. The summed E-state index contributed by atoms with van der Waals surface area (Å²) in [6.07, 6.45) is 1.69. The minimum Gasteiger partial charge on any atom is -0.367 e. The van der Waals surface area contributed by atoms with Crippen LogP contribution in [0.15, 0.2) is 48.5 Å². The van der Waals surface area contributed by atoms with E-state index in [2.05, 4.69) is 79.5 Å². The van der Waals surface area contributed by atoms with E-state index < -0.39 is 0 Å². The quantitative estimate of drug-likeness (QED) is 0.883. The summed E-state index contributed by atoms with van der Waals surface area (Å²) in [6, 6.07) is 17.2. The van der Waals surface area contributed by atoms with Crippen molar-refractivity contribution in [2.75, 3.05) is 11.4 Å². The van der Waals surface area contributed by atoms with Gasteiger partial charge in [0.05, 0.1) is 0 Å². The molecule has 0 bridgehead atoms. The van der Waals surface area contributed by atoms with Crippen molar-refractivity contribution >= 4 is 11.6 Å². The molecule has 1 amide bonds. The number of rotatable bonds is 5. The summed E-state index contributed by atoms with van der Waals surface area (Å²) in [6.45, 7) is 8.87. The molecule has 1 aliphatic heterocycles. The minimum absolute atomic E-state index is 0.0277. The number of amides is 1. The van der Waals surface area contributed by atoms with Crippen LogP contribution in [0.3, 0.4) is 0 Å². The minimum atomic E-state index is 0.0277. The van der Waals surface area contributed by atoms with Gasteiger partial charge < -0.3 is 10.2 Å². The summed E-state index contributed by atoms with van der Waals surface area (Å²) >= 11 is 0. The molecule has 2 aromatic rings. The second-order valence-electron chi connectivity index (χ2n) is 8.13. The lowest BCUT2D eigenvalue weighted by Gasteiger charge is -2.20. The largest absolute Gasteiger partial charge is 0.367 e. The lowest BCUT2D eigenvalue weighted by molar-refractivity contribution is -0.122. The molecule has 25 heavy (non-hydrogen) atoms. The van der Waals surface area contributed by atoms with Crippen LogP contribution >= 0.6 is 0 Å². The number of carbonyl (C=O) groups is 1. The van der Waals surface area contributed by atoms with Gasteiger partial charge in [-0.05, 0) is 34.6 Å². The summed E-state index contributed by atoms with van der Waals surface area (Å²) in [5.41, 5.74) is 5.29. The summed E-state index contributed by atoms with van der Waals surface area (Å²) in [5, 5.41) is 3.01. The third-order valence-corrected chi connectivity index (χ3v) is 4.56. The average Bonchev–Trinajstić information content (AvgIpc) is 2.96. The van der Waals surface area contributed by atoms with Gasteiger partial charge in [-0.3, -0.25) is 4.79 Å². The van der Waals surface area contributed by atoms with Crippen LogP contribution < -0.4 is 10.2 Å². The smallest absolute Gasteiger partial charge is 0.220 e. The predicted molar refractivity (Wildman–Crippen MR) is 104 cm³/mol. The molecule has 0 unspecified atom stereocenters. The Balaban J connectivity index is 1.54. The van der Waals surface area contributed by atoms with Gasteiger partial charge in [-0.1, -0.05) is 63.2 Å². The molecule has 0 radical (unpaired) electrons. The first-order valence-electron chi connectivity index (χ1n) is 9.08. The van der Waals surface area contributed by atoms with Gasteiger partial charge in [0.25, 0.3) is 0 Å². The molecular weight excluding hydrogens is 308 g/mol. The van der Waals surface area contributed by atoms with E-state index in [0.717, 1.165) is 25.1 Å². The lowest BCUT2D eigenvalue weighted by Crippen LogP contribution is -2.27. The fourth-order valence-corrected chi connectivity index (χ4v) is 3.30. The number of nitrogens with one attached hydrogen (secondary N) is 1. The molecular formula is C22H28N2O. The van der Waals surface area contributed by atoms with Crippen molar-refractivity contribution in [3.63, 3.8) is 0 Å². The fourth-order valence-electron chi connectivity index (χ4n) is 3.30. The number of hydrogen-bond acceptors (Lipinski definition) is 2. The van der Waals surface area contributed by atoms with E-state index in [1.807, 2.05) is 0 Å². The molecule has 1 N–H and O–H groups in total. The van der Waals surface area contributed by atoms with E-state index >= 15 is 0 Å². The maximum absolute atomic E-state index is 11.9. The average molecular weight is 336 g/mol. The third-order valence-electron chi connectivity index (χ3n) is 4.56. The lowest BCUT2D eigenvalue weighted by atomic mass is 9.92. The number of carbonyl (C=O) groups excluding carboxylic acids is 1. The highest BCUT2D eigenvalue weighted by atomic mass is 16.1. The molecule has 1 heterocycles. The van der Waals surface area contributed by atoms with Crippen molar-refractivity contribution in [1.82, 2.24) is 5.32 Å². The molecule has 3 nitrogen and oxygen atoms in total. The van der Waals surface area contributed by atoms with Crippen molar-refractivity contribution in [2.24, 2.45) is 5.41 Å². The van der Waals surface area contributed by atoms with E-state index in [1.165, 1.54) is 16.8 Å². The van der Waals surface area contributed by atoms with Crippen LogP contribution in [-0.2, 0) is 24.3 Å². The van der Waals surface area contributed by atoms with E-state index in [4.69, 9.17) is 0 Å². The Morgan fingerprint density at radius 3 is 2.44 bits per heavy atom. The zero-order valence-corrected chi connectivity index (χ0v) is 15.5. The van der Waals surface area contributed by atoms with Crippen LogP contribution in [0, 0.1) is 5.41 Å². The van der Waals surface area contributed by atoms with E-state index in [9.17, 15) is 4.79 Å².